The highest BCUT2D eigenvalue weighted by atomic mass is 16.6. The predicted molar refractivity (Wildman–Crippen MR) is 108 cm³/mol. The zero-order valence-corrected chi connectivity index (χ0v) is 16.0. The number of nitro benzene ring substituents is 1. The molecule has 8 nitrogen and oxygen atoms in total. The molecule has 0 bridgehead atoms. The van der Waals surface area contributed by atoms with E-state index in [-0.39, 0.29) is 17.2 Å². The topological polar surface area (TPSA) is 97.8 Å². The van der Waals surface area contributed by atoms with Gasteiger partial charge in [0.25, 0.3) is 11.6 Å². The summed E-state index contributed by atoms with van der Waals surface area (Å²) in [6.07, 6.45) is 0. The molecule has 150 valence electrons. The summed E-state index contributed by atoms with van der Waals surface area (Å²) in [6, 6.07) is 13.5. The Morgan fingerprint density at radius 3 is 2.66 bits per heavy atom. The van der Waals surface area contributed by atoms with Crippen LogP contribution in [-0.4, -0.2) is 37.1 Å². The molecule has 0 spiro atoms. The number of anilines is 1. The van der Waals surface area contributed by atoms with Gasteiger partial charge in [-0.25, -0.2) is 0 Å². The Kier molecular flexibility index (Phi) is 5.18. The molecular formula is C21H21N3O5. The fraction of sp³-hybridized carbons (Fsp3) is 0.286. The van der Waals surface area contributed by atoms with E-state index in [2.05, 4.69) is 5.32 Å². The van der Waals surface area contributed by atoms with Gasteiger partial charge in [0.05, 0.1) is 35.4 Å². The quantitative estimate of drug-likeness (QED) is 0.523. The monoisotopic (exact) mass is 395 g/mol. The van der Waals surface area contributed by atoms with Crippen molar-refractivity contribution in [2.45, 2.75) is 13.0 Å². The number of furan rings is 1. The lowest BCUT2D eigenvalue weighted by Crippen LogP contribution is -2.38. The number of fused-ring (bicyclic) bond motifs is 1. The van der Waals surface area contributed by atoms with Crippen LogP contribution >= 0.6 is 0 Å². The molecule has 1 saturated heterocycles. The molecule has 4 rings (SSSR count). The van der Waals surface area contributed by atoms with E-state index in [1.807, 2.05) is 42.2 Å². The Hall–Kier alpha value is -3.39. The maximum Gasteiger partial charge on any atom is 0.270 e. The summed E-state index contributed by atoms with van der Waals surface area (Å²) >= 11 is 0. The van der Waals surface area contributed by atoms with E-state index in [4.69, 9.17) is 9.15 Å². The van der Waals surface area contributed by atoms with E-state index >= 15 is 0 Å². The molecule has 8 heteroatoms. The van der Waals surface area contributed by atoms with Crippen LogP contribution in [0, 0.1) is 10.1 Å². The molecule has 2 heterocycles. The normalized spacial score (nSPS) is 15.3. The second-order valence-corrected chi connectivity index (χ2v) is 6.94. The molecule has 1 aromatic heterocycles. The lowest BCUT2D eigenvalue weighted by molar-refractivity contribution is -0.384. The number of amides is 1. The van der Waals surface area contributed by atoms with E-state index in [9.17, 15) is 14.9 Å². The third-order valence-electron chi connectivity index (χ3n) is 5.01. The summed E-state index contributed by atoms with van der Waals surface area (Å²) in [4.78, 5) is 25.8. The van der Waals surface area contributed by atoms with Gasteiger partial charge in [0.1, 0.15) is 11.3 Å². The molecule has 1 unspecified atom stereocenters. The predicted octanol–water partition coefficient (Wildman–Crippen LogP) is 3.67. The summed E-state index contributed by atoms with van der Waals surface area (Å²) in [5, 5.41) is 15.1. The summed E-state index contributed by atoms with van der Waals surface area (Å²) in [5.41, 5.74) is 1.55. The molecule has 0 saturated carbocycles. The number of para-hydroxylation sites is 1. The number of carbonyl (C=O) groups excluding carboxylic acids is 1. The Morgan fingerprint density at radius 2 is 1.93 bits per heavy atom. The first-order valence-electron chi connectivity index (χ1n) is 9.43. The minimum Gasteiger partial charge on any atom is -0.459 e. The van der Waals surface area contributed by atoms with E-state index in [1.165, 1.54) is 12.1 Å². The average molecular weight is 395 g/mol. The fourth-order valence-electron chi connectivity index (χ4n) is 3.46. The van der Waals surface area contributed by atoms with Crippen LogP contribution in [0.5, 0.6) is 0 Å². The Balaban J connectivity index is 1.61. The molecule has 1 N–H and O–H groups in total. The summed E-state index contributed by atoms with van der Waals surface area (Å²) in [5.74, 6) is 0.237. The Morgan fingerprint density at radius 1 is 1.17 bits per heavy atom. The third kappa shape index (κ3) is 3.93. The van der Waals surface area contributed by atoms with Gasteiger partial charge in [-0.3, -0.25) is 14.9 Å². The van der Waals surface area contributed by atoms with Crippen LogP contribution in [-0.2, 0) is 4.74 Å². The van der Waals surface area contributed by atoms with Crippen molar-refractivity contribution in [3.05, 3.63) is 70.0 Å². The van der Waals surface area contributed by atoms with Crippen molar-refractivity contribution in [3.8, 4) is 0 Å². The van der Waals surface area contributed by atoms with Gasteiger partial charge in [-0.15, -0.1) is 0 Å². The minimum absolute atomic E-state index is 0.122. The maximum atomic E-state index is 13.0. The van der Waals surface area contributed by atoms with Crippen LogP contribution < -0.4 is 10.2 Å². The number of non-ortho nitro benzene ring substituents is 1. The average Bonchev–Trinajstić information content (AvgIpc) is 3.18. The second kappa shape index (κ2) is 7.92. The smallest absolute Gasteiger partial charge is 0.270 e. The Labute approximate surface area is 167 Å². The van der Waals surface area contributed by atoms with Gasteiger partial charge in [-0.05, 0) is 25.1 Å². The number of carbonyl (C=O) groups is 1. The number of nitrogens with one attached hydrogen (secondary N) is 1. The molecule has 1 amide bonds. The van der Waals surface area contributed by atoms with Crippen molar-refractivity contribution in [2.24, 2.45) is 0 Å². The zero-order chi connectivity index (χ0) is 20.4. The molecular weight excluding hydrogens is 374 g/mol. The number of hydrogen-bond acceptors (Lipinski definition) is 6. The van der Waals surface area contributed by atoms with E-state index in [0.29, 0.717) is 37.8 Å². The lowest BCUT2D eigenvalue weighted by atomic mass is 10.1. The number of rotatable bonds is 5. The van der Waals surface area contributed by atoms with Crippen LogP contribution in [0.15, 0.2) is 52.9 Å². The molecule has 2 aromatic carbocycles. The number of benzene rings is 2. The fourth-order valence-corrected chi connectivity index (χ4v) is 3.46. The van der Waals surface area contributed by atoms with E-state index in [0.717, 1.165) is 11.0 Å². The highest BCUT2D eigenvalue weighted by Gasteiger charge is 2.24. The molecule has 1 atom stereocenters. The van der Waals surface area contributed by atoms with Gasteiger partial charge >= 0.3 is 0 Å². The highest BCUT2D eigenvalue weighted by molar-refractivity contribution is 6.00. The maximum absolute atomic E-state index is 13.0. The van der Waals surface area contributed by atoms with Gasteiger partial charge in [-0.1, -0.05) is 18.2 Å². The lowest BCUT2D eigenvalue weighted by Gasteiger charge is -2.30. The summed E-state index contributed by atoms with van der Waals surface area (Å²) in [6.45, 7) is 4.16. The van der Waals surface area contributed by atoms with Gasteiger partial charge < -0.3 is 19.4 Å². The van der Waals surface area contributed by atoms with E-state index < -0.39 is 11.0 Å². The number of hydrogen-bond donors (Lipinski definition) is 1. The first-order valence-corrected chi connectivity index (χ1v) is 9.43. The molecule has 1 aliphatic rings. The zero-order valence-electron chi connectivity index (χ0n) is 16.0. The van der Waals surface area contributed by atoms with Crippen molar-refractivity contribution in [1.82, 2.24) is 5.32 Å². The van der Waals surface area contributed by atoms with Crippen LogP contribution in [0.25, 0.3) is 11.0 Å². The molecule has 0 aliphatic carbocycles. The second-order valence-electron chi connectivity index (χ2n) is 6.94. The standard InChI is InChI=1S/C21H21N3O5/c1-14(20-12-15-4-2-3-5-19(15)29-20)22-21(25)17-13-16(24(26)27)6-7-18(17)23-8-10-28-11-9-23/h2-7,12-14H,8-11H2,1H3,(H,22,25). The van der Waals surface area contributed by atoms with Gasteiger partial charge in [0.15, 0.2) is 0 Å². The van der Waals surface area contributed by atoms with Gasteiger partial charge in [-0.2, -0.15) is 0 Å². The molecule has 1 aliphatic heterocycles. The van der Waals surface area contributed by atoms with Crippen LogP contribution in [0.3, 0.4) is 0 Å². The van der Waals surface area contributed by atoms with Crippen LogP contribution in [0.4, 0.5) is 11.4 Å². The summed E-state index contributed by atoms with van der Waals surface area (Å²) in [7, 11) is 0. The largest absolute Gasteiger partial charge is 0.459 e. The minimum atomic E-state index is -0.497. The molecule has 0 radical (unpaired) electrons. The molecule has 1 fully saturated rings. The van der Waals surface area contributed by atoms with Crippen molar-refractivity contribution in [2.75, 3.05) is 31.2 Å². The number of ether oxygens (including phenoxy) is 1. The molecule has 3 aromatic rings. The van der Waals surface area contributed by atoms with Gasteiger partial charge in [0, 0.05) is 30.6 Å². The number of morpholine rings is 1. The third-order valence-corrected chi connectivity index (χ3v) is 5.01. The van der Waals surface area contributed by atoms with Crippen molar-refractivity contribution < 1.29 is 18.9 Å². The first-order chi connectivity index (χ1) is 14.0. The SMILES string of the molecule is CC(NC(=O)c1cc([N+](=O)[O-])ccc1N1CCOCC1)c1cc2ccccc2o1. The van der Waals surface area contributed by atoms with E-state index in [1.54, 1.807) is 6.07 Å². The van der Waals surface area contributed by atoms with Crippen LogP contribution in [0.1, 0.15) is 29.1 Å². The first kappa shape index (κ1) is 18.9. The highest BCUT2D eigenvalue weighted by Crippen LogP contribution is 2.28. The Bertz CT molecular complexity index is 1020. The summed E-state index contributed by atoms with van der Waals surface area (Å²) < 4.78 is 11.2. The van der Waals surface area contributed by atoms with Gasteiger partial charge in [0.2, 0.25) is 0 Å². The molecule has 29 heavy (non-hydrogen) atoms. The number of nitro groups is 1. The van der Waals surface area contributed by atoms with Crippen LogP contribution in [0.2, 0.25) is 0 Å². The van der Waals surface area contributed by atoms with Crippen molar-refractivity contribution in [1.29, 1.82) is 0 Å². The van der Waals surface area contributed by atoms with Crippen molar-refractivity contribution in [3.63, 3.8) is 0 Å². The van der Waals surface area contributed by atoms with Crippen molar-refractivity contribution >= 4 is 28.3 Å². The number of nitrogens with zero attached hydrogens (tertiary/aromatic N) is 2.